The van der Waals surface area contributed by atoms with Gasteiger partial charge in [-0.2, -0.15) is 9.97 Å². The summed E-state index contributed by atoms with van der Waals surface area (Å²) < 4.78 is 0. The zero-order valence-electron chi connectivity index (χ0n) is 9.73. The van der Waals surface area contributed by atoms with E-state index in [0.717, 1.165) is 6.42 Å². The predicted molar refractivity (Wildman–Crippen MR) is 69.1 cm³/mol. The van der Waals surface area contributed by atoms with Crippen LogP contribution >= 0.6 is 11.6 Å². The van der Waals surface area contributed by atoms with Gasteiger partial charge in [-0.1, -0.05) is 11.6 Å². The Balaban J connectivity index is 2.07. The molecule has 1 saturated carbocycles. The van der Waals surface area contributed by atoms with Crippen LogP contribution in [0.4, 0.5) is 17.5 Å². The second-order valence-electron chi connectivity index (χ2n) is 4.59. The van der Waals surface area contributed by atoms with E-state index in [2.05, 4.69) is 15.3 Å². The first-order chi connectivity index (χ1) is 8.52. The molecule has 18 heavy (non-hydrogen) atoms. The van der Waals surface area contributed by atoms with Crippen molar-refractivity contribution in [2.75, 3.05) is 36.5 Å². The molecule has 0 radical (unpaired) electrons. The van der Waals surface area contributed by atoms with Crippen molar-refractivity contribution in [3.8, 4) is 0 Å². The normalized spacial score (nSPS) is 26.1. The smallest absolute Gasteiger partial charge is 0.223 e. The molecule has 0 bridgehead atoms. The van der Waals surface area contributed by atoms with Gasteiger partial charge in [-0.25, -0.2) is 0 Å². The Bertz CT molecular complexity index is 458. The van der Waals surface area contributed by atoms with Crippen LogP contribution in [0.5, 0.6) is 0 Å². The fourth-order valence-electron chi connectivity index (χ4n) is 2.01. The van der Waals surface area contributed by atoms with E-state index in [1.165, 1.54) is 0 Å². The van der Waals surface area contributed by atoms with Gasteiger partial charge in [-0.15, -0.1) is 0 Å². The van der Waals surface area contributed by atoms with Gasteiger partial charge in [0.2, 0.25) is 5.95 Å². The first-order valence-corrected chi connectivity index (χ1v) is 5.94. The van der Waals surface area contributed by atoms with Crippen molar-refractivity contribution in [2.45, 2.75) is 6.42 Å². The van der Waals surface area contributed by atoms with Crippen LogP contribution in [0.1, 0.15) is 6.42 Å². The number of aliphatic hydroxyl groups is 2. The average Bonchev–Trinajstić information content (AvgIpc) is 3.06. The largest absolute Gasteiger partial charge is 0.396 e. The van der Waals surface area contributed by atoms with E-state index in [4.69, 9.17) is 28.2 Å². The maximum Gasteiger partial charge on any atom is 0.223 e. The summed E-state index contributed by atoms with van der Waals surface area (Å²) in [6.45, 7) is 0.509. The summed E-state index contributed by atoms with van der Waals surface area (Å²) in [4.78, 5) is 7.67. The number of rotatable bonds is 5. The standard InChI is InChI=1S/C10H16ClN5O2/c11-7-6(12)8(16-9(13)15-7)14-3-10(4-18)1-5(10)2-17/h5,17-18H,1-4,12H2,(H3,13,14,15,16)/t5?,10-/m1/s1. The van der Waals surface area contributed by atoms with Crippen molar-refractivity contribution >= 4 is 29.1 Å². The molecular formula is C10H16ClN5O2. The fourth-order valence-corrected chi connectivity index (χ4v) is 2.18. The van der Waals surface area contributed by atoms with Gasteiger partial charge in [-0.05, 0) is 12.3 Å². The predicted octanol–water partition coefficient (Wildman–Crippen LogP) is -0.303. The van der Waals surface area contributed by atoms with Gasteiger partial charge in [0, 0.05) is 18.6 Å². The molecule has 2 atom stereocenters. The van der Waals surface area contributed by atoms with Crippen LogP contribution in [0.2, 0.25) is 5.15 Å². The molecule has 100 valence electrons. The monoisotopic (exact) mass is 273 g/mol. The number of nitrogen functional groups attached to an aromatic ring is 2. The first kappa shape index (κ1) is 13.1. The Hall–Kier alpha value is -1.31. The van der Waals surface area contributed by atoms with Gasteiger partial charge >= 0.3 is 0 Å². The number of hydrogen-bond donors (Lipinski definition) is 5. The summed E-state index contributed by atoms with van der Waals surface area (Å²) in [5, 5.41) is 21.5. The molecule has 1 aliphatic carbocycles. The van der Waals surface area contributed by atoms with E-state index in [-0.39, 0.29) is 41.3 Å². The number of nitrogens with two attached hydrogens (primary N) is 2. The molecule has 8 heteroatoms. The Morgan fingerprint density at radius 2 is 2.11 bits per heavy atom. The third-order valence-corrected chi connectivity index (χ3v) is 3.71. The Labute approximate surface area is 109 Å². The molecule has 1 heterocycles. The van der Waals surface area contributed by atoms with E-state index in [1.54, 1.807) is 0 Å². The number of aromatic nitrogens is 2. The third-order valence-electron chi connectivity index (χ3n) is 3.42. The Kier molecular flexibility index (Phi) is 3.47. The highest BCUT2D eigenvalue weighted by Gasteiger charge is 2.53. The molecule has 7 nitrogen and oxygen atoms in total. The van der Waals surface area contributed by atoms with Gasteiger partial charge in [-0.3, -0.25) is 0 Å². The van der Waals surface area contributed by atoms with Crippen molar-refractivity contribution in [3.63, 3.8) is 0 Å². The molecule has 0 aromatic carbocycles. The summed E-state index contributed by atoms with van der Waals surface area (Å²) >= 11 is 5.79. The van der Waals surface area contributed by atoms with Crippen LogP contribution in [0.3, 0.4) is 0 Å². The van der Waals surface area contributed by atoms with E-state index in [0.29, 0.717) is 12.4 Å². The van der Waals surface area contributed by atoms with Gasteiger partial charge < -0.3 is 27.0 Å². The molecule has 1 aromatic heterocycles. The molecule has 1 fully saturated rings. The van der Waals surface area contributed by atoms with Crippen molar-refractivity contribution in [1.82, 2.24) is 9.97 Å². The highest BCUT2D eigenvalue weighted by atomic mass is 35.5. The second-order valence-corrected chi connectivity index (χ2v) is 4.95. The second kappa shape index (κ2) is 4.75. The number of aliphatic hydroxyl groups excluding tert-OH is 2. The molecule has 0 saturated heterocycles. The van der Waals surface area contributed by atoms with Gasteiger partial charge in [0.15, 0.2) is 11.0 Å². The number of nitrogens with one attached hydrogen (secondary N) is 1. The number of anilines is 3. The molecule has 0 spiro atoms. The van der Waals surface area contributed by atoms with E-state index >= 15 is 0 Å². The number of halogens is 1. The highest BCUT2D eigenvalue weighted by Crippen LogP contribution is 2.51. The van der Waals surface area contributed by atoms with E-state index in [1.807, 2.05) is 0 Å². The van der Waals surface area contributed by atoms with E-state index in [9.17, 15) is 5.11 Å². The Morgan fingerprint density at radius 3 is 2.67 bits per heavy atom. The zero-order chi connectivity index (χ0) is 13.3. The topological polar surface area (TPSA) is 130 Å². The van der Waals surface area contributed by atoms with Crippen LogP contribution in [-0.2, 0) is 0 Å². The minimum atomic E-state index is -0.312. The van der Waals surface area contributed by atoms with E-state index < -0.39 is 0 Å². The maximum atomic E-state index is 9.35. The quantitative estimate of drug-likeness (QED) is 0.465. The van der Waals surface area contributed by atoms with Gasteiger partial charge in [0.1, 0.15) is 5.69 Å². The molecule has 2 rings (SSSR count). The lowest BCUT2D eigenvalue weighted by Crippen LogP contribution is -2.23. The molecule has 0 amide bonds. The zero-order valence-corrected chi connectivity index (χ0v) is 10.5. The lowest BCUT2D eigenvalue weighted by Gasteiger charge is -2.16. The average molecular weight is 274 g/mol. The summed E-state index contributed by atoms with van der Waals surface area (Å²) in [5.41, 5.74) is 11.1. The molecule has 7 N–H and O–H groups in total. The van der Waals surface area contributed by atoms with Gasteiger partial charge in [0.05, 0.1) is 6.61 Å². The van der Waals surface area contributed by atoms with Crippen LogP contribution < -0.4 is 16.8 Å². The summed E-state index contributed by atoms with van der Waals surface area (Å²) in [6.07, 6.45) is 0.765. The van der Waals surface area contributed by atoms with Crippen LogP contribution in [0.15, 0.2) is 0 Å². The van der Waals surface area contributed by atoms with Crippen LogP contribution in [-0.4, -0.2) is 39.9 Å². The molecule has 1 aromatic rings. The summed E-state index contributed by atoms with van der Waals surface area (Å²) in [6, 6.07) is 0. The van der Waals surface area contributed by atoms with Crippen molar-refractivity contribution in [1.29, 1.82) is 0 Å². The summed E-state index contributed by atoms with van der Waals surface area (Å²) in [5.74, 6) is 0.485. The van der Waals surface area contributed by atoms with Crippen LogP contribution in [0, 0.1) is 11.3 Å². The molecule has 1 aliphatic rings. The summed E-state index contributed by atoms with van der Waals surface area (Å²) in [7, 11) is 0. The van der Waals surface area contributed by atoms with Crippen molar-refractivity contribution in [3.05, 3.63) is 5.15 Å². The van der Waals surface area contributed by atoms with Crippen molar-refractivity contribution in [2.24, 2.45) is 11.3 Å². The maximum absolute atomic E-state index is 9.35. The number of hydrogen-bond acceptors (Lipinski definition) is 7. The minimum absolute atomic E-state index is 0.000566. The van der Waals surface area contributed by atoms with Crippen molar-refractivity contribution < 1.29 is 10.2 Å². The lowest BCUT2D eigenvalue weighted by atomic mass is 10.1. The van der Waals surface area contributed by atoms with Gasteiger partial charge in [0.25, 0.3) is 0 Å². The molecule has 1 unspecified atom stereocenters. The van der Waals surface area contributed by atoms with Crippen LogP contribution in [0.25, 0.3) is 0 Å². The third kappa shape index (κ3) is 2.29. The number of nitrogens with zero attached hydrogens (tertiary/aromatic N) is 2. The Morgan fingerprint density at radius 1 is 1.39 bits per heavy atom. The molecule has 0 aliphatic heterocycles. The highest BCUT2D eigenvalue weighted by molar-refractivity contribution is 6.32. The fraction of sp³-hybridized carbons (Fsp3) is 0.600. The lowest BCUT2D eigenvalue weighted by molar-refractivity contribution is 0.180. The SMILES string of the molecule is Nc1nc(Cl)c(N)c(NC[C@@]2(CO)CC2CO)n1. The minimum Gasteiger partial charge on any atom is -0.396 e. The first-order valence-electron chi connectivity index (χ1n) is 5.56. The molecular weight excluding hydrogens is 258 g/mol.